The van der Waals surface area contributed by atoms with Crippen molar-refractivity contribution in [1.29, 1.82) is 0 Å². The van der Waals surface area contributed by atoms with Gasteiger partial charge < -0.3 is 10.3 Å². The van der Waals surface area contributed by atoms with Crippen LogP contribution in [0.4, 0.5) is 0 Å². The quantitative estimate of drug-likeness (QED) is 0.897. The average Bonchev–Trinajstić information content (AvgIpc) is 3.04. The number of pyridine rings is 1. The topological polar surface area (TPSA) is 62.0 Å². The highest BCUT2D eigenvalue weighted by molar-refractivity contribution is 5.88. The molecule has 3 rings (SSSR count). The minimum absolute atomic E-state index is 0.0370. The van der Waals surface area contributed by atoms with Crippen molar-refractivity contribution in [3.05, 3.63) is 68.6 Å². The Morgan fingerprint density at radius 1 is 1.16 bits per heavy atom. The number of hydrogen-bond donors (Lipinski definition) is 2. The minimum Gasteiger partial charge on any atom is -0.351 e. The van der Waals surface area contributed by atoms with Gasteiger partial charge in [0.25, 0.3) is 5.56 Å². The van der Waals surface area contributed by atoms with Gasteiger partial charge in [-0.25, -0.2) is 0 Å². The number of rotatable bonds is 4. The molecule has 0 atom stereocenters. The Morgan fingerprint density at radius 3 is 2.52 bits per heavy atom. The summed E-state index contributed by atoms with van der Waals surface area (Å²) in [5, 5.41) is 3.04. The van der Waals surface area contributed by atoms with Crippen LogP contribution in [0.25, 0.3) is 0 Å². The molecule has 1 aliphatic rings. The third-order valence-corrected chi connectivity index (χ3v) is 5.38. The molecule has 1 saturated carbocycles. The summed E-state index contributed by atoms with van der Waals surface area (Å²) in [4.78, 5) is 28.1. The lowest BCUT2D eigenvalue weighted by atomic mass is 9.77. The fourth-order valence-corrected chi connectivity index (χ4v) is 4.01. The van der Waals surface area contributed by atoms with E-state index in [2.05, 4.69) is 35.4 Å². The smallest absolute Gasteiger partial charge is 0.253 e. The van der Waals surface area contributed by atoms with E-state index in [1.54, 1.807) is 0 Å². The van der Waals surface area contributed by atoms with E-state index in [-0.39, 0.29) is 18.0 Å². The summed E-state index contributed by atoms with van der Waals surface area (Å²) in [6.45, 7) is 6.10. The number of amides is 1. The SMILES string of the molecule is Cc1cccc(C2(C(=O)NCc3c(C)cc(C)[nH]c3=O)CCCC2)c1. The molecule has 1 aromatic heterocycles. The molecule has 2 aromatic rings. The number of nitrogens with one attached hydrogen (secondary N) is 2. The first-order valence-corrected chi connectivity index (χ1v) is 8.97. The molecule has 1 amide bonds. The van der Waals surface area contributed by atoms with E-state index in [4.69, 9.17) is 0 Å². The molecule has 0 saturated heterocycles. The van der Waals surface area contributed by atoms with Crippen molar-refractivity contribution in [3.63, 3.8) is 0 Å². The minimum atomic E-state index is -0.461. The Morgan fingerprint density at radius 2 is 1.88 bits per heavy atom. The van der Waals surface area contributed by atoms with E-state index in [1.807, 2.05) is 26.0 Å². The van der Waals surface area contributed by atoms with Crippen LogP contribution >= 0.6 is 0 Å². The zero-order valence-corrected chi connectivity index (χ0v) is 15.2. The number of carbonyl (C=O) groups excluding carboxylic acids is 1. The number of benzene rings is 1. The maximum Gasteiger partial charge on any atom is 0.253 e. The van der Waals surface area contributed by atoms with Gasteiger partial charge in [-0.15, -0.1) is 0 Å². The van der Waals surface area contributed by atoms with E-state index in [1.165, 1.54) is 5.56 Å². The monoisotopic (exact) mass is 338 g/mol. The first kappa shape index (κ1) is 17.5. The zero-order chi connectivity index (χ0) is 18.0. The second-order valence-electron chi connectivity index (χ2n) is 7.28. The molecule has 1 fully saturated rings. The molecule has 0 unspecified atom stereocenters. The summed E-state index contributed by atoms with van der Waals surface area (Å²) < 4.78 is 0. The van der Waals surface area contributed by atoms with Crippen LogP contribution in [0.1, 0.15) is 53.6 Å². The number of aryl methyl sites for hydroxylation is 3. The number of aromatic amines is 1. The first-order valence-electron chi connectivity index (χ1n) is 8.97. The number of aromatic nitrogens is 1. The Bertz CT molecular complexity index is 845. The van der Waals surface area contributed by atoms with Crippen molar-refractivity contribution >= 4 is 5.91 Å². The first-order chi connectivity index (χ1) is 11.9. The van der Waals surface area contributed by atoms with Crippen molar-refractivity contribution in [2.24, 2.45) is 0 Å². The van der Waals surface area contributed by atoms with Gasteiger partial charge in [0, 0.05) is 17.8 Å². The summed E-state index contributed by atoms with van der Waals surface area (Å²) in [5.41, 5.74) is 4.07. The third-order valence-electron chi connectivity index (χ3n) is 5.38. The highest BCUT2D eigenvalue weighted by Crippen LogP contribution is 2.41. The normalized spacial score (nSPS) is 16.0. The van der Waals surface area contributed by atoms with Gasteiger partial charge in [-0.1, -0.05) is 42.7 Å². The molecular weight excluding hydrogens is 312 g/mol. The van der Waals surface area contributed by atoms with Crippen LogP contribution in [-0.2, 0) is 16.8 Å². The predicted octanol–water partition coefficient (Wildman–Crippen LogP) is 3.43. The van der Waals surface area contributed by atoms with E-state index >= 15 is 0 Å². The summed E-state index contributed by atoms with van der Waals surface area (Å²) >= 11 is 0. The molecule has 2 N–H and O–H groups in total. The second kappa shape index (κ2) is 6.87. The molecule has 1 aliphatic carbocycles. The molecule has 4 nitrogen and oxygen atoms in total. The van der Waals surface area contributed by atoms with Crippen LogP contribution < -0.4 is 10.9 Å². The fraction of sp³-hybridized carbons (Fsp3) is 0.429. The lowest BCUT2D eigenvalue weighted by molar-refractivity contribution is -0.126. The summed E-state index contributed by atoms with van der Waals surface area (Å²) in [6.07, 6.45) is 3.86. The Balaban J connectivity index is 1.85. The summed E-state index contributed by atoms with van der Waals surface area (Å²) in [7, 11) is 0. The van der Waals surface area contributed by atoms with E-state index in [0.29, 0.717) is 5.56 Å². The molecule has 0 bridgehead atoms. The van der Waals surface area contributed by atoms with Crippen molar-refractivity contribution in [3.8, 4) is 0 Å². The van der Waals surface area contributed by atoms with Gasteiger partial charge in [-0.2, -0.15) is 0 Å². The average molecular weight is 338 g/mol. The molecular formula is C21H26N2O2. The molecule has 0 spiro atoms. The van der Waals surface area contributed by atoms with E-state index < -0.39 is 5.41 Å². The third kappa shape index (κ3) is 3.39. The van der Waals surface area contributed by atoms with Crippen molar-refractivity contribution in [1.82, 2.24) is 10.3 Å². The Labute approximate surface area is 148 Å². The fourth-order valence-electron chi connectivity index (χ4n) is 4.01. The molecule has 0 aliphatic heterocycles. The van der Waals surface area contributed by atoms with Crippen molar-refractivity contribution in [2.75, 3.05) is 0 Å². The molecule has 4 heteroatoms. The number of hydrogen-bond acceptors (Lipinski definition) is 2. The number of carbonyl (C=O) groups is 1. The van der Waals surface area contributed by atoms with Gasteiger partial charge in [-0.3, -0.25) is 9.59 Å². The Hall–Kier alpha value is -2.36. The van der Waals surface area contributed by atoms with Gasteiger partial charge in [0.15, 0.2) is 0 Å². The van der Waals surface area contributed by atoms with Crippen molar-refractivity contribution < 1.29 is 4.79 Å². The van der Waals surface area contributed by atoms with Crippen LogP contribution in [0.3, 0.4) is 0 Å². The Kier molecular flexibility index (Phi) is 4.80. The maximum absolute atomic E-state index is 13.1. The van der Waals surface area contributed by atoms with Gasteiger partial charge in [0.2, 0.25) is 5.91 Å². The van der Waals surface area contributed by atoms with Crippen molar-refractivity contribution in [2.45, 2.75) is 58.4 Å². The molecule has 132 valence electrons. The highest BCUT2D eigenvalue weighted by Gasteiger charge is 2.42. The van der Waals surface area contributed by atoms with E-state index in [0.717, 1.165) is 42.5 Å². The van der Waals surface area contributed by atoms with E-state index in [9.17, 15) is 9.59 Å². The predicted molar refractivity (Wildman–Crippen MR) is 99.7 cm³/mol. The number of H-pyrrole nitrogens is 1. The molecule has 0 radical (unpaired) electrons. The summed E-state index contributed by atoms with van der Waals surface area (Å²) in [5.74, 6) is 0.0370. The van der Waals surface area contributed by atoms with Crippen LogP contribution in [0.15, 0.2) is 35.1 Å². The van der Waals surface area contributed by atoms with Crippen LogP contribution in [-0.4, -0.2) is 10.9 Å². The van der Waals surface area contributed by atoms with Crippen LogP contribution in [0.5, 0.6) is 0 Å². The van der Waals surface area contributed by atoms with Gasteiger partial charge >= 0.3 is 0 Å². The second-order valence-corrected chi connectivity index (χ2v) is 7.28. The molecule has 25 heavy (non-hydrogen) atoms. The van der Waals surface area contributed by atoms with Crippen LogP contribution in [0, 0.1) is 20.8 Å². The lowest BCUT2D eigenvalue weighted by Crippen LogP contribution is -2.43. The van der Waals surface area contributed by atoms with Gasteiger partial charge in [-0.05, 0) is 50.8 Å². The molecule has 1 aromatic carbocycles. The highest BCUT2D eigenvalue weighted by atomic mass is 16.2. The van der Waals surface area contributed by atoms with Gasteiger partial charge in [0.1, 0.15) is 0 Å². The summed E-state index contributed by atoms with van der Waals surface area (Å²) in [6, 6.07) is 10.2. The zero-order valence-electron chi connectivity index (χ0n) is 15.2. The largest absolute Gasteiger partial charge is 0.351 e. The lowest BCUT2D eigenvalue weighted by Gasteiger charge is -2.28. The van der Waals surface area contributed by atoms with Crippen LogP contribution in [0.2, 0.25) is 0 Å². The molecule has 1 heterocycles. The standard InChI is InChI=1S/C21H26N2O2/c1-14-7-6-8-17(11-14)21(9-4-5-10-21)20(25)22-13-18-15(2)12-16(3)23-19(18)24/h6-8,11-12H,4-5,9-10,13H2,1-3H3,(H,22,25)(H,23,24). The van der Waals surface area contributed by atoms with Gasteiger partial charge in [0.05, 0.1) is 5.41 Å². The maximum atomic E-state index is 13.1.